The first-order chi connectivity index (χ1) is 8.16. The van der Waals surface area contributed by atoms with Gasteiger partial charge in [0, 0.05) is 19.3 Å². The summed E-state index contributed by atoms with van der Waals surface area (Å²) in [5.74, 6) is -0.796. The molecule has 1 aromatic carbocycles. The van der Waals surface area contributed by atoms with E-state index in [9.17, 15) is 12.8 Å². The number of nitrogens with two attached hydrogens (primary N) is 1. The van der Waals surface area contributed by atoms with E-state index in [-0.39, 0.29) is 12.2 Å². The molecule has 0 unspecified atom stereocenters. The Morgan fingerprint density at radius 2 is 2.06 bits per heavy atom. The van der Waals surface area contributed by atoms with Gasteiger partial charge in [-0.1, -0.05) is 12.2 Å². The van der Waals surface area contributed by atoms with Gasteiger partial charge in [0.25, 0.3) is 0 Å². The molecule has 2 N–H and O–H groups in total. The highest BCUT2D eigenvalue weighted by Gasteiger charge is 2.25. The van der Waals surface area contributed by atoms with Gasteiger partial charge in [0.2, 0.25) is 10.0 Å². The molecule has 0 saturated heterocycles. The second-order valence-corrected chi connectivity index (χ2v) is 6.37. The summed E-state index contributed by atoms with van der Waals surface area (Å²) in [5.41, 5.74) is 7.05. The lowest BCUT2D eigenvalue weighted by Crippen LogP contribution is -2.29. The normalized spacial score (nSPS) is 11.8. The molecular weight excluding hydrogens is 255 g/mol. The van der Waals surface area contributed by atoms with Crippen LogP contribution in [-0.2, 0) is 10.0 Å². The first-order valence-corrected chi connectivity index (χ1v) is 6.76. The van der Waals surface area contributed by atoms with Gasteiger partial charge in [-0.2, -0.15) is 4.31 Å². The minimum Gasteiger partial charge on any atom is -0.398 e. The van der Waals surface area contributed by atoms with E-state index >= 15 is 0 Å². The molecule has 18 heavy (non-hydrogen) atoms. The summed E-state index contributed by atoms with van der Waals surface area (Å²) in [6.07, 6.45) is 0. The minimum atomic E-state index is -3.89. The van der Waals surface area contributed by atoms with E-state index in [1.807, 2.05) is 0 Å². The van der Waals surface area contributed by atoms with E-state index in [1.54, 1.807) is 13.8 Å². The number of rotatable bonds is 4. The first kappa shape index (κ1) is 14.7. The fourth-order valence-corrected chi connectivity index (χ4v) is 2.81. The Hall–Kier alpha value is -1.40. The predicted molar refractivity (Wildman–Crippen MR) is 70.2 cm³/mol. The summed E-state index contributed by atoms with van der Waals surface area (Å²) < 4.78 is 39.1. The number of likely N-dealkylation sites (N-methyl/N-ethyl adjacent to an activating group) is 1. The van der Waals surface area contributed by atoms with Gasteiger partial charge in [0.1, 0.15) is 10.7 Å². The molecule has 100 valence electrons. The fraction of sp³-hybridized carbons (Fsp3) is 0.333. The molecule has 0 aliphatic rings. The van der Waals surface area contributed by atoms with E-state index < -0.39 is 20.7 Å². The van der Waals surface area contributed by atoms with Gasteiger partial charge in [-0.05, 0) is 31.5 Å². The van der Waals surface area contributed by atoms with Gasteiger partial charge in [-0.15, -0.1) is 0 Å². The van der Waals surface area contributed by atoms with Crippen LogP contribution in [0.1, 0.15) is 12.5 Å². The Bertz CT molecular complexity index is 582. The maximum absolute atomic E-state index is 13.7. The summed E-state index contributed by atoms with van der Waals surface area (Å²) in [7, 11) is -2.51. The highest BCUT2D eigenvalue weighted by atomic mass is 32.2. The number of benzene rings is 1. The van der Waals surface area contributed by atoms with Crippen molar-refractivity contribution in [2.45, 2.75) is 18.7 Å². The summed E-state index contributed by atoms with van der Waals surface area (Å²) >= 11 is 0. The Morgan fingerprint density at radius 3 is 2.56 bits per heavy atom. The van der Waals surface area contributed by atoms with Crippen LogP contribution in [0, 0.1) is 12.7 Å². The molecule has 0 spiro atoms. The Kier molecular flexibility index (Phi) is 4.13. The minimum absolute atomic E-state index is 0.134. The molecule has 1 aromatic rings. The average Bonchev–Trinajstić information content (AvgIpc) is 2.22. The lowest BCUT2D eigenvalue weighted by molar-refractivity contribution is 0.484. The van der Waals surface area contributed by atoms with Crippen LogP contribution in [-0.4, -0.2) is 26.3 Å². The zero-order valence-electron chi connectivity index (χ0n) is 10.7. The molecule has 0 bridgehead atoms. The van der Waals surface area contributed by atoms with E-state index in [0.717, 1.165) is 16.4 Å². The summed E-state index contributed by atoms with van der Waals surface area (Å²) in [6, 6.07) is 2.27. The van der Waals surface area contributed by atoms with Gasteiger partial charge in [0.05, 0.1) is 0 Å². The van der Waals surface area contributed by atoms with Crippen LogP contribution < -0.4 is 5.73 Å². The molecule has 0 aliphatic heterocycles. The van der Waals surface area contributed by atoms with Crippen LogP contribution in [0.3, 0.4) is 0 Å². The van der Waals surface area contributed by atoms with Crippen molar-refractivity contribution >= 4 is 15.7 Å². The van der Waals surface area contributed by atoms with Crippen LogP contribution in [0.4, 0.5) is 10.1 Å². The molecular formula is C12H17FN2O2S. The molecule has 0 radical (unpaired) electrons. The van der Waals surface area contributed by atoms with E-state index in [1.165, 1.54) is 7.05 Å². The van der Waals surface area contributed by atoms with Crippen molar-refractivity contribution in [2.75, 3.05) is 19.3 Å². The molecule has 0 aliphatic carbocycles. The quantitative estimate of drug-likeness (QED) is 0.672. The van der Waals surface area contributed by atoms with Crippen molar-refractivity contribution in [1.29, 1.82) is 0 Å². The van der Waals surface area contributed by atoms with Crippen LogP contribution >= 0.6 is 0 Å². The molecule has 0 fully saturated rings. The van der Waals surface area contributed by atoms with E-state index in [2.05, 4.69) is 6.58 Å². The standard InChI is InChI=1S/C12H17FN2O2S/c1-8(2)7-15(4)18(16,17)12-6-11(14)9(3)5-10(12)13/h5-6H,1,7,14H2,2-4H3. The third kappa shape index (κ3) is 2.88. The van der Waals surface area contributed by atoms with Gasteiger partial charge < -0.3 is 5.73 Å². The Labute approximate surface area is 107 Å². The van der Waals surface area contributed by atoms with Crippen LogP contribution in [0.5, 0.6) is 0 Å². The molecule has 0 atom stereocenters. The van der Waals surface area contributed by atoms with Gasteiger partial charge in [0.15, 0.2) is 0 Å². The van der Waals surface area contributed by atoms with Crippen molar-refractivity contribution in [2.24, 2.45) is 0 Å². The largest absolute Gasteiger partial charge is 0.398 e. The van der Waals surface area contributed by atoms with E-state index in [4.69, 9.17) is 5.73 Å². The number of nitrogens with zero attached hydrogens (tertiary/aromatic N) is 1. The molecule has 0 heterocycles. The maximum atomic E-state index is 13.7. The van der Waals surface area contributed by atoms with Crippen molar-refractivity contribution in [3.05, 3.63) is 35.7 Å². The molecule has 4 nitrogen and oxygen atoms in total. The summed E-state index contributed by atoms with van der Waals surface area (Å²) in [6.45, 7) is 7.08. The summed E-state index contributed by atoms with van der Waals surface area (Å²) in [5, 5.41) is 0. The van der Waals surface area contributed by atoms with Crippen LogP contribution in [0.2, 0.25) is 0 Å². The lowest BCUT2D eigenvalue weighted by atomic mass is 10.2. The number of aryl methyl sites for hydroxylation is 1. The molecule has 0 aromatic heterocycles. The Balaban J connectivity index is 3.29. The van der Waals surface area contributed by atoms with Gasteiger partial charge in [-0.25, -0.2) is 12.8 Å². The number of anilines is 1. The molecule has 0 amide bonds. The van der Waals surface area contributed by atoms with Crippen molar-refractivity contribution < 1.29 is 12.8 Å². The zero-order chi connectivity index (χ0) is 14.1. The predicted octanol–water partition coefficient (Wildman–Crippen LogP) is 1.91. The molecule has 6 heteroatoms. The second-order valence-electron chi connectivity index (χ2n) is 4.36. The topological polar surface area (TPSA) is 63.4 Å². The smallest absolute Gasteiger partial charge is 0.246 e. The van der Waals surface area contributed by atoms with Crippen molar-refractivity contribution in [3.63, 3.8) is 0 Å². The van der Waals surface area contributed by atoms with Crippen LogP contribution in [0.15, 0.2) is 29.2 Å². The SMILES string of the molecule is C=C(C)CN(C)S(=O)(=O)c1cc(N)c(C)cc1F. The van der Waals surface area contributed by atoms with Crippen molar-refractivity contribution in [1.82, 2.24) is 4.31 Å². The first-order valence-electron chi connectivity index (χ1n) is 5.32. The second kappa shape index (κ2) is 5.07. The number of hydrogen-bond acceptors (Lipinski definition) is 3. The van der Waals surface area contributed by atoms with E-state index in [0.29, 0.717) is 11.1 Å². The van der Waals surface area contributed by atoms with Gasteiger partial charge in [-0.3, -0.25) is 0 Å². The monoisotopic (exact) mass is 272 g/mol. The zero-order valence-corrected chi connectivity index (χ0v) is 11.5. The lowest BCUT2D eigenvalue weighted by Gasteiger charge is -2.18. The number of hydrogen-bond donors (Lipinski definition) is 1. The third-order valence-electron chi connectivity index (χ3n) is 2.50. The average molecular weight is 272 g/mol. The molecule has 0 saturated carbocycles. The third-order valence-corrected chi connectivity index (χ3v) is 4.32. The van der Waals surface area contributed by atoms with Crippen LogP contribution in [0.25, 0.3) is 0 Å². The molecule has 1 rings (SSSR count). The highest BCUT2D eigenvalue weighted by Crippen LogP contribution is 2.24. The maximum Gasteiger partial charge on any atom is 0.246 e. The highest BCUT2D eigenvalue weighted by molar-refractivity contribution is 7.89. The fourth-order valence-electron chi connectivity index (χ4n) is 1.50. The number of sulfonamides is 1. The van der Waals surface area contributed by atoms with Crippen molar-refractivity contribution in [3.8, 4) is 0 Å². The number of nitrogen functional groups attached to an aromatic ring is 1. The Morgan fingerprint density at radius 1 is 1.50 bits per heavy atom. The summed E-state index contributed by atoms with van der Waals surface area (Å²) in [4.78, 5) is -0.408. The van der Waals surface area contributed by atoms with Gasteiger partial charge >= 0.3 is 0 Å². The number of halogens is 1.